The van der Waals surface area contributed by atoms with Crippen LogP contribution in [0, 0.1) is 0 Å². The van der Waals surface area contributed by atoms with Gasteiger partial charge >= 0.3 is 0 Å². The molecule has 0 aromatic rings. The zero-order valence-electron chi connectivity index (χ0n) is 9.41. The van der Waals surface area contributed by atoms with Crippen molar-refractivity contribution < 1.29 is 40.0 Å². The predicted octanol–water partition coefficient (Wildman–Crippen LogP) is 15.6. The Hall–Kier alpha value is 0. The van der Waals surface area contributed by atoms with E-state index in [1.54, 1.807) is 0 Å². The van der Waals surface area contributed by atoms with Crippen LogP contribution in [0.2, 0.25) is 0 Å². The van der Waals surface area contributed by atoms with Crippen molar-refractivity contribution in [1.29, 1.82) is 0 Å². The van der Waals surface area contributed by atoms with E-state index >= 15 is 0 Å². The Labute approximate surface area is 161 Å². The van der Waals surface area contributed by atoms with Gasteiger partial charge in [0.25, 0.3) is 0 Å². The maximum absolute atomic E-state index is 5.88. The van der Waals surface area contributed by atoms with Gasteiger partial charge in [0.05, 0.1) is 0 Å². The van der Waals surface area contributed by atoms with E-state index in [9.17, 15) is 0 Å². The molecule has 172 valence electrons. The molecule has 0 spiro atoms. The van der Waals surface area contributed by atoms with Gasteiger partial charge in [-0.05, 0) is 0 Å². The topological polar surface area (TPSA) is 0 Å². The van der Waals surface area contributed by atoms with Crippen molar-refractivity contribution in [3.63, 3.8) is 0 Å². The van der Waals surface area contributed by atoms with Crippen LogP contribution in [0.3, 0.4) is 0 Å². The fourth-order valence-corrected chi connectivity index (χ4v) is 0. The summed E-state index contributed by atoms with van der Waals surface area (Å²) in [6.45, 7) is 0. The minimum absolute atomic E-state index is 0. The molecule has 0 fully saturated rings. The normalized spacial score (nSPS) is 3.50. The fraction of sp³-hybridized carbons (Fsp3) is 1.00. The van der Waals surface area contributed by atoms with Crippen LogP contribution in [0.15, 0.2) is 0 Å². The van der Waals surface area contributed by atoms with Crippen molar-refractivity contribution in [2.75, 3.05) is 0 Å². The molecule has 0 nitrogen and oxygen atoms in total. The van der Waals surface area contributed by atoms with E-state index in [1.807, 2.05) is 0 Å². The van der Waals surface area contributed by atoms with Gasteiger partial charge in [0.15, 0.2) is 0 Å². The highest BCUT2D eigenvalue weighted by Crippen LogP contribution is 0.159. The molecule has 0 unspecified atom stereocenters. The van der Waals surface area contributed by atoms with Crippen LogP contribution in [-0.2, 0) is 0 Å². The molecular formula is C16H108. The minimum atomic E-state index is -0.250. The van der Waals surface area contributed by atoms with Crippen LogP contribution >= 0.6 is 0 Å². The summed E-state index contributed by atoms with van der Waals surface area (Å²) in [6.07, 6.45) is 0. The first-order valence-corrected chi connectivity index (χ1v) is 0. The third-order valence-electron chi connectivity index (χ3n) is 0. The SMILES string of the molecule is C.C.C.C.C.C.C.C.C.C.C.C.C.C.[3HH].[3HH].[3HH].[3HH].[3HH].[3HH].[3HH].[3HH].[3HH].[3HH].[3HH].[3HH].[3HH].[3HH].[3HH].[3HH].[3HH].[3HH].[3HH].[3HH].[3H]C[3H].[3H]C[3H].[3H][3H].[3H][3H]. The van der Waals surface area contributed by atoms with Gasteiger partial charge in [-0.25, -0.2) is 0 Å². The molecule has 16 heavy (non-hydrogen) atoms. The molecule has 0 aromatic heterocycles. The summed E-state index contributed by atoms with van der Waals surface area (Å²) >= 11 is 0. The van der Waals surface area contributed by atoms with Crippen molar-refractivity contribution >= 4 is 0 Å². The quantitative estimate of drug-likeness (QED) is 0.404. The van der Waals surface area contributed by atoms with E-state index in [1.165, 1.54) is 0 Å². The number of rotatable bonds is 0. The van der Waals surface area contributed by atoms with Gasteiger partial charge in [0.2, 0.25) is 0 Å². The van der Waals surface area contributed by atoms with Gasteiger partial charge in [0.1, 0.15) is 0 Å². The molecular weight excluding hydrogens is 192 g/mol. The summed E-state index contributed by atoms with van der Waals surface area (Å²) in [5, 5.41) is 0. The maximum Gasteiger partial charge on any atom is 0.0194 e. The molecule has 0 aliphatic rings. The molecule has 0 heterocycles. The van der Waals surface area contributed by atoms with Gasteiger partial charge in [-0.2, -0.15) is 0 Å². The van der Waals surface area contributed by atoms with Crippen LogP contribution in [0.5, 0.6) is 0 Å². The summed E-state index contributed by atoms with van der Waals surface area (Å²) in [4.78, 5) is 0. The van der Waals surface area contributed by atoms with Gasteiger partial charge in [-0.1, -0.05) is 119 Å². The predicted molar refractivity (Wildman–Crippen MR) is 154 cm³/mol. The molecule has 0 amide bonds. The molecule has 0 saturated heterocycles. The number of hydrogen-bond donors (Lipinski definition) is 0. The van der Waals surface area contributed by atoms with Crippen molar-refractivity contribution in [3.8, 4) is 0 Å². The number of hydrogen-bond acceptors (Lipinski definition) is 0. The van der Waals surface area contributed by atoms with Gasteiger partial charge in [0, 0.05) is 40.0 Å². The summed E-state index contributed by atoms with van der Waals surface area (Å²) in [7, 11) is -0.500. The molecule has 0 aromatic carbocycles. The highest BCUT2D eigenvalue weighted by molar-refractivity contribution is 2.52. The van der Waals surface area contributed by atoms with Crippen molar-refractivity contribution in [2.24, 2.45) is 0 Å². The molecule has 0 atom stereocenters. The minimum Gasteiger partial charge on any atom is -0.0776 e. The van der Waals surface area contributed by atoms with Gasteiger partial charge < -0.3 is 0 Å². The second kappa shape index (κ2) is 0. The first-order chi connectivity index (χ1) is 4.83. The van der Waals surface area contributed by atoms with E-state index in [-0.39, 0.29) is 147 Å². The highest BCUT2D eigenvalue weighted by Gasteiger charge is -0.0626. The first-order valence-electron chi connectivity index (χ1n) is 4.83. The van der Waals surface area contributed by atoms with E-state index in [2.05, 4.69) is 0 Å². The summed E-state index contributed by atoms with van der Waals surface area (Å²) in [6, 6.07) is 0. The molecule has 0 rings (SSSR count). The average molecular weight is 357 g/mol. The monoisotopic (exact) mass is 357 g/mol. The average Bonchev–Trinajstić information content (AvgIpc) is 1.99. The fourth-order valence-electron chi connectivity index (χ4n) is 0. The molecule has 0 bridgehead atoms. The lowest BCUT2D eigenvalue weighted by Gasteiger charge is -0.0786. The molecule has 0 radical (unpaired) electrons. The van der Waals surface area contributed by atoms with Crippen LogP contribution in [0.25, 0.3) is 0 Å². The van der Waals surface area contributed by atoms with Gasteiger partial charge in [-0.15, -0.1) is 0 Å². The third-order valence-corrected chi connectivity index (χ3v) is 0. The zero-order chi connectivity index (χ0) is 9.41. The largest absolute Gasteiger partial charge is 0.0776 e. The third kappa shape index (κ3) is 0. The lowest BCUT2D eigenvalue weighted by atomic mass is 12.0. The molecule has 0 N–H and O–H groups in total. The Morgan fingerprint density at radius 2 is 0.375 bits per heavy atom. The Morgan fingerprint density at radius 1 is 0.375 bits per heavy atom. The van der Waals surface area contributed by atoms with Crippen LogP contribution in [0.1, 0.15) is 159 Å². The molecule has 0 aliphatic heterocycles. The van der Waals surface area contributed by atoms with Crippen molar-refractivity contribution in [1.82, 2.24) is 0 Å². The van der Waals surface area contributed by atoms with Crippen molar-refractivity contribution in [2.45, 2.75) is 119 Å². The Kier molecular flexibility index (Phi) is 0. The van der Waals surface area contributed by atoms with Crippen LogP contribution in [0.4, 0.5) is 0 Å². The maximum atomic E-state index is 5.88. The summed E-state index contributed by atoms with van der Waals surface area (Å²) < 4.78 is 43.5. The van der Waals surface area contributed by atoms with Gasteiger partial charge in [-0.3, -0.25) is 0 Å². The molecule has 0 heteroatoms. The van der Waals surface area contributed by atoms with Crippen LogP contribution in [-0.4, -0.2) is 0 Å². The van der Waals surface area contributed by atoms with E-state index in [4.69, 9.17) is 11.4 Å². The van der Waals surface area contributed by atoms with E-state index in [0.717, 1.165) is 0 Å². The Bertz CT molecular complexity index is 43.6. The summed E-state index contributed by atoms with van der Waals surface area (Å²) in [5.74, 6) is 0. The zero-order valence-corrected chi connectivity index (χ0v) is 1.41. The lowest BCUT2D eigenvalue weighted by Crippen LogP contribution is 0.143. The highest BCUT2D eigenvalue weighted by atomic mass is 12.0. The summed E-state index contributed by atoms with van der Waals surface area (Å²) in [5.41, 5.74) is 0. The second-order valence-corrected chi connectivity index (χ2v) is 0. The Balaban J connectivity index is -0.000000000242. The van der Waals surface area contributed by atoms with Crippen molar-refractivity contribution in [3.05, 3.63) is 0 Å². The first kappa shape index (κ1) is 100. The standard InChI is InChI=1S/16CH4.22H2/h16*1H4;22*1H/i2*1T2;;;;;;;;;;;;;;;2*1+2T;20*1+2. The molecule has 0 saturated carbocycles. The van der Waals surface area contributed by atoms with Crippen LogP contribution < -0.4 is 0 Å². The van der Waals surface area contributed by atoms with E-state index in [0.29, 0.717) is 0 Å². The lowest BCUT2D eigenvalue weighted by molar-refractivity contribution is 2.50. The Morgan fingerprint density at radius 3 is 0.375 bits per heavy atom. The smallest absolute Gasteiger partial charge is 0.0194 e. The van der Waals surface area contributed by atoms with E-state index < -0.39 is 0 Å². The second-order valence-electron chi connectivity index (χ2n) is 0. The molecule has 0 aliphatic carbocycles.